The fourth-order valence-electron chi connectivity index (χ4n) is 4.27. The number of nitrogens with zero attached hydrogens (tertiary/aromatic N) is 3. The van der Waals surface area contributed by atoms with Crippen molar-refractivity contribution in [3.05, 3.63) is 77.1 Å². The Kier molecular flexibility index (Phi) is 7.47. The number of carbonyl (C=O) groups excluding carboxylic acids is 3. The van der Waals surface area contributed by atoms with Crippen LogP contribution in [-0.2, 0) is 24.3 Å². The summed E-state index contributed by atoms with van der Waals surface area (Å²) in [4.78, 5) is 40.4. The lowest BCUT2D eigenvalue weighted by molar-refractivity contribution is -0.132. The van der Waals surface area contributed by atoms with E-state index in [-0.39, 0.29) is 29.7 Å². The zero-order chi connectivity index (χ0) is 26.6. The van der Waals surface area contributed by atoms with Gasteiger partial charge in [-0.3, -0.25) is 19.1 Å². The second-order valence-electron chi connectivity index (χ2n) is 9.06. The first-order valence-corrected chi connectivity index (χ1v) is 11.9. The van der Waals surface area contributed by atoms with Crippen LogP contribution >= 0.6 is 0 Å². The lowest BCUT2D eigenvalue weighted by Crippen LogP contribution is -2.62. The van der Waals surface area contributed by atoms with E-state index >= 15 is 0 Å². The van der Waals surface area contributed by atoms with Gasteiger partial charge in [-0.2, -0.15) is 5.10 Å². The van der Waals surface area contributed by atoms with E-state index in [4.69, 9.17) is 9.47 Å². The van der Waals surface area contributed by atoms with Crippen molar-refractivity contribution in [2.24, 2.45) is 0 Å². The maximum absolute atomic E-state index is 13.1. The molecule has 4 rings (SSSR count). The van der Waals surface area contributed by atoms with Crippen LogP contribution in [0.25, 0.3) is 0 Å². The van der Waals surface area contributed by atoms with Crippen LogP contribution in [0.4, 0.5) is 0 Å². The minimum absolute atomic E-state index is 0.118. The smallest absolute Gasteiger partial charge is 0.272 e. The molecular weight excluding hydrogens is 474 g/mol. The van der Waals surface area contributed by atoms with Gasteiger partial charge in [0.25, 0.3) is 11.8 Å². The lowest BCUT2D eigenvalue weighted by atomic mass is 9.96. The summed E-state index contributed by atoms with van der Waals surface area (Å²) >= 11 is 0. The maximum Gasteiger partial charge on any atom is 0.272 e. The van der Waals surface area contributed by atoms with E-state index in [0.717, 1.165) is 11.1 Å². The zero-order valence-corrected chi connectivity index (χ0v) is 21.4. The molecule has 0 fully saturated rings. The second kappa shape index (κ2) is 10.7. The molecule has 2 aromatic carbocycles. The minimum Gasteiger partial charge on any atom is -0.497 e. The topological polar surface area (TPSA) is 115 Å². The van der Waals surface area contributed by atoms with Gasteiger partial charge in [0.15, 0.2) is 5.69 Å². The van der Waals surface area contributed by atoms with Crippen LogP contribution in [0.2, 0.25) is 0 Å². The average molecular weight is 506 g/mol. The molecule has 1 aliphatic rings. The fourth-order valence-corrected chi connectivity index (χ4v) is 4.27. The summed E-state index contributed by atoms with van der Waals surface area (Å²) in [6.07, 6.45) is 0.536. The van der Waals surface area contributed by atoms with Crippen LogP contribution < -0.4 is 20.1 Å². The zero-order valence-electron chi connectivity index (χ0n) is 21.4. The molecule has 3 aromatic rings. The van der Waals surface area contributed by atoms with E-state index < -0.39 is 11.4 Å². The Bertz CT molecular complexity index is 1310. The van der Waals surface area contributed by atoms with Gasteiger partial charge in [0, 0.05) is 32.3 Å². The average Bonchev–Trinajstić information content (AvgIpc) is 3.35. The van der Waals surface area contributed by atoms with Crippen molar-refractivity contribution in [1.29, 1.82) is 0 Å². The molecule has 1 atom stereocenters. The minimum atomic E-state index is -1.16. The van der Waals surface area contributed by atoms with Crippen molar-refractivity contribution >= 4 is 17.7 Å². The number of benzene rings is 2. The normalized spacial score (nSPS) is 16.6. The van der Waals surface area contributed by atoms with Gasteiger partial charge in [-0.15, -0.1) is 0 Å². The summed E-state index contributed by atoms with van der Waals surface area (Å²) in [6, 6.07) is 16.5. The number of rotatable bonds is 9. The Morgan fingerprint density at radius 3 is 2.51 bits per heavy atom. The standard InChI is InChI=1S/C27H31N5O5/c1-27(26(35)29-16-18-8-6-5-7-9-18)17-32-22(25(34)31(27)2)15-21(30-32)24(33)28-13-12-19-10-11-20(36-3)14-23(19)37-4/h5-11,14-15H,12-13,16-17H2,1-4H3,(H,28,33)(H,29,35). The fraction of sp³-hybridized carbons (Fsp3) is 0.333. The van der Waals surface area contributed by atoms with E-state index in [9.17, 15) is 14.4 Å². The lowest BCUT2D eigenvalue weighted by Gasteiger charge is -2.40. The molecular formula is C27H31N5O5. The number of amides is 3. The van der Waals surface area contributed by atoms with Gasteiger partial charge in [0.1, 0.15) is 22.7 Å². The molecule has 1 aliphatic heterocycles. The Balaban J connectivity index is 1.41. The largest absolute Gasteiger partial charge is 0.497 e. The van der Waals surface area contributed by atoms with Crippen LogP contribution in [0.5, 0.6) is 11.5 Å². The number of aromatic nitrogens is 2. The molecule has 1 aromatic heterocycles. The van der Waals surface area contributed by atoms with E-state index in [0.29, 0.717) is 31.0 Å². The molecule has 3 amide bonds. The molecule has 0 aliphatic carbocycles. The van der Waals surface area contributed by atoms with Crippen LogP contribution in [-0.4, -0.2) is 65.8 Å². The number of fused-ring (bicyclic) bond motifs is 1. The number of nitrogens with one attached hydrogen (secondary N) is 2. The third-order valence-corrected chi connectivity index (χ3v) is 6.69. The van der Waals surface area contributed by atoms with Crippen molar-refractivity contribution < 1.29 is 23.9 Å². The van der Waals surface area contributed by atoms with Gasteiger partial charge in [-0.1, -0.05) is 36.4 Å². The number of methoxy groups -OCH3 is 2. The van der Waals surface area contributed by atoms with Crippen molar-refractivity contribution in [2.45, 2.75) is 32.0 Å². The first-order chi connectivity index (χ1) is 17.8. The number of carbonyl (C=O) groups is 3. The molecule has 0 radical (unpaired) electrons. The highest BCUT2D eigenvalue weighted by atomic mass is 16.5. The Morgan fingerprint density at radius 2 is 1.81 bits per heavy atom. The third kappa shape index (κ3) is 5.28. The number of ether oxygens (including phenoxy) is 2. The molecule has 10 nitrogen and oxygen atoms in total. The Labute approximate surface area is 215 Å². The molecule has 10 heteroatoms. The second-order valence-corrected chi connectivity index (χ2v) is 9.06. The summed E-state index contributed by atoms with van der Waals surface area (Å²) in [6.45, 7) is 2.51. The van der Waals surface area contributed by atoms with Gasteiger partial charge in [0.05, 0.1) is 20.8 Å². The SMILES string of the molecule is COc1ccc(CCNC(=O)c2cc3n(n2)CC(C)(C(=O)NCc2ccccc2)N(C)C3=O)c(OC)c1. The van der Waals surface area contributed by atoms with E-state index in [1.165, 1.54) is 15.6 Å². The first-order valence-electron chi connectivity index (χ1n) is 11.9. The van der Waals surface area contributed by atoms with Crippen LogP contribution in [0.15, 0.2) is 54.6 Å². The number of likely N-dealkylation sites (N-methyl/N-ethyl adjacent to an activating group) is 1. The van der Waals surface area contributed by atoms with Gasteiger partial charge < -0.3 is 25.0 Å². The molecule has 37 heavy (non-hydrogen) atoms. The number of hydrogen-bond donors (Lipinski definition) is 2. The molecule has 0 spiro atoms. The molecule has 0 saturated carbocycles. The van der Waals surface area contributed by atoms with Gasteiger partial charge in [-0.05, 0) is 30.5 Å². The van der Waals surface area contributed by atoms with Gasteiger partial charge in [-0.25, -0.2) is 0 Å². The van der Waals surface area contributed by atoms with Gasteiger partial charge in [0.2, 0.25) is 5.91 Å². The molecule has 0 saturated heterocycles. The molecule has 2 N–H and O–H groups in total. The predicted octanol–water partition coefficient (Wildman–Crippen LogP) is 2.03. The third-order valence-electron chi connectivity index (χ3n) is 6.69. The predicted molar refractivity (Wildman–Crippen MR) is 137 cm³/mol. The highest BCUT2D eigenvalue weighted by Crippen LogP contribution is 2.27. The molecule has 1 unspecified atom stereocenters. The quantitative estimate of drug-likeness (QED) is 0.460. The summed E-state index contributed by atoms with van der Waals surface area (Å²) in [5.41, 5.74) is 1.09. The van der Waals surface area contributed by atoms with Crippen molar-refractivity contribution in [2.75, 3.05) is 27.8 Å². The maximum atomic E-state index is 13.1. The van der Waals surface area contributed by atoms with Crippen LogP contribution in [0, 0.1) is 0 Å². The molecule has 194 valence electrons. The summed E-state index contributed by atoms with van der Waals surface area (Å²) < 4.78 is 12.1. The highest BCUT2D eigenvalue weighted by Gasteiger charge is 2.46. The number of hydrogen-bond acceptors (Lipinski definition) is 6. The summed E-state index contributed by atoms with van der Waals surface area (Å²) in [7, 11) is 4.75. The summed E-state index contributed by atoms with van der Waals surface area (Å²) in [5, 5.41) is 10.1. The Morgan fingerprint density at radius 1 is 1.05 bits per heavy atom. The van der Waals surface area contributed by atoms with E-state index in [2.05, 4.69) is 15.7 Å². The van der Waals surface area contributed by atoms with Crippen LogP contribution in [0.3, 0.4) is 0 Å². The van der Waals surface area contributed by atoms with Crippen molar-refractivity contribution in [3.8, 4) is 11.5 Å². The monoisotopic (exact) mass is 505 g/mol. The molecule has 0 bridgehead atoms. The van der Waals surface area contributed by atoms with E-state index in [1.807, 2.05) is 42.5 Å². The summed E-state index contributed by atoms with van der Waals surface area (Å²) in [5.74, 6) is 0.277. The Hall–Kier alpha value is -4.34. The van der Waals surface area contributed by atoms with Crippen molar-refractivity contribution in [1.82, 2.24) is 25.3 Å². The van der Waals surface area contributed by atoms with Crippen LogP contribution in [0.1, 0.15) is 39.0 Å². The van der Waals surface area contributed by atoms with E-state index in [1.54, 1.807) is 34.3 Å². The molecule has 2 heterocycles. The highest BCUT2D eigenvalue weighted by molar-refractivity contribution is 6.01. The first kappa shape index (κ1) is 25.7. The van der Waals surface area contributed by atoms with Crippen molar-refractivity contribution in [3.63, 3.8) is 0 Å². The van der Waals surface area contributed by atoms with Gasteiger partial charge >= 0.3 is 0 Å².